The minimum atomic E-state index is -0.586. The molecule has 82 valence electrons. The summed E-state index contributed by atoms with van der Waals surface area (Å²) in [5, 5.41) is 2.19. The molecule has 0 radical (unpaired) electrons. The zero-order chi connectivity index (χ0) is 11.3. The van der Waals surface area contributed by atoms with Crippen LogP contribution in [-0.2, 0) is 4.79 Å². The molecule has 15 heavy (non-hydrogen) atoms. The molecule has 0 saturated carbocycles. The molecule has 1 rings (SSSR count). The van der Waals surface area contributed by atoms with E-state index in [2.05, 4.69) is 5.32 Å². The van der Waals surface area contributed by atoms with Crippen LogP contribution in [-0.4, -0.2) is 12.5 Å². The molecule has 1 amide bonds. The molecule has 0 aromatic heterocycles. The van der Waals surface area contributed by atoms with Gasteiger partial charge in [-0.15, -0.1) is 11.6 Å². The molecule has 3 heteroatoms. The SMILES string of the molecule is CCCNC(=O)C(Cl)c1ccc(C)cc1. The minimum absolute atomic E-state index is 0.123. The highest BCUT2D eigenvalue weighted by Crippen LogP contribution is 2.20. The molecular weight excluding hydrogens is 210 g/mol. The molecule has 1 unspecified atom stereocenters. The van der Waals surface area contributed by atoms with Crippen LogP contribution in [0.4, 0.5) is 0 Å². The van der Waals surface area contributed by atoms with Crippen molar-refractivity contribution in [3.8, 4) is 0 Å². The van der Waals surface area contributed by atoms with Crippen LogP contribution in [0.15, 0.2) is 24.3 Å². The highest BCUT2D eigenvalue weighted by Gasteiger charge is 2.16. The van der Waals surface area contributed by atoms with Crippen molar-refractivity contribution in [1.82, 2.24) is 5.32 Å². The van der Waals surface area contributed by atoms with E-state index in [1.807, 2.05) is 38.1 Å². The summed E-state index contributed by atoms with van der Waals surface area (Å²) in [4.78, 5) is 11.5. The fourth-order valence-electron chi connectivity index (χ4n) is 1.22. The summed E-state index contributed by atoms with van der Waals surface area (Å²) in [5.74, 6) is -0.123. The Bertz CT molecular complexity index is 321. The number of alkyl halides is 1. The van der Waals surface area contributed by atoms with E-state index in [1.165, 1.54) is 0 Å². The maximum Gasteiger partial charge on any atom is 0.242 e. The summed E-state index contributed by atoms with van der Waals surface area (Å²) in [6, 6.07) is 7.69. The molecule has 0 bridgehead atoms. The van der Waals surface area contributed by atoms with Crippen molar-refractivity contribution in [3.05, 3.63) is 35.4 Å². The molecule has 0 saturated heterocycles. The van der Waals surface area contributed by atoms with E-state index >= 15 is 0 Å². The molecule has 0 fully saturated rings. The van der Waals surface area contributed by atoms with Crippen molar-refractivity contribution in [2.45, 2.75) is 25.6 Å². The Hall–Kier alpha value is -1.02. The summed E-state index contributed by atoms with van der Waals surface area (Å²) < 4.78 is 0. The maximum absolute atomic E-state index is 11.5. The van der Waals surface area contributed by atoms with Crippen LogP contribution >= 0.6 is 11.6 Å². The van der Waals surface area contributed by atoms with Gasteiger partial charge in [-0.3, -0.25) is 4.79 Å². The van der Waals surface area contributed by atoms with Gasteiger partial charge in [-0.05, 0) is 18.9 Å². The van der Waals surface area contributed by atoms with Gasteiger partial charge in [-0.1, -0.05) is 36.8 Å². The molecule has 0 aliphatic heterocycles. The minimum Gasteiger partial charge on any atom is -0.355 e. The number of halogens is 1. The van der Waals surface area contributed by atoms with Gasteiger partial charge in [0.2, 0.25) is 5.91 Å². The standard InChI is InChI=1S/C12H16ClNO/c1-3-8-14-12(15)11(13)10-6-4-9(2)5-7-10/h4-7,11H,3,8H2,1-2H3,(H,14,15). The molecule has 0 heterocycles. The number of hydrogen-bond acceptors (Lipinski definition) is 1. The van der Waals surface area contributed by atoms with Gasteiger partial charge in [0.25, 0.3) is 0 Å². The summed E-state index contributed by atoms with van der Waals surface area (Å²) in [6.07, 6.45) is 0.920. The van der Waals surface area contributed by atoms with Gasteiger partial charge in [0.1, 0.15) is 5.38 Å². The molecule has 0 aliphatic rings. The first-order chi connectivity index (χ1) is 7.15. The average Bonchev–Trinajstić information content (AvgIpc) is 2.26. The number of nitrogens with one attached hydrogen (secondary N) is 1. The molecular formula is C12H16ClNO. The molecule has 0 aliphatic carbocycles. The van der Waals surface area contributed by atoms with Crippen LogP contribution in [0.1, 0.15) is 29.8 Å². The molecule has 1 aromatic carbocycles. The lowest BCUT2D eigenvalue weighted by Gasteiger charge is -2.10. The van der Waals surface area contributed by atoms with Crippen LogP contribution in [0.2, 0.25) is 0 Å². The van der Waals surface area contributed by atoms with Crippen molar-refractivity contribution in [2.24, 2.45) is 0 Å². The summed E-state index contributed by atoms with van der Waals surface area (Å²) in [6.45, 7) is 4.69. The van der Waals surface area contributed by atoms with Gasteiger partial charge < -0.3 is 5.32 Å². The van der Waals surface area contributed by atoms with Crippen molar-refractivity contribution in [2.75, 3.05) is 6.54 Å². The monoisotopic (exact) mass is 225 g/mol. The van der Waals surface area contributed by atoms with Crippen LogP contribution in [0.25, 0.3) is 0 Å². The first-order valence-electron chi connectivity index (χ1n) is 5.13. The van der Waals surface area contributed by atoms with E-state index in [0.29, 0.717) is 6.54 Å². The van der Waals surface area contributed by atoms with E-state index in [1.54, 1.807) is 0 Å². The lowest BCUT2D eigenvalue weighted by Crippen LogP contribution is -2.27. The number of carbonyl (C=O) groups excluding carboxylic acids is 1. The number of rotatable bonds is 4. The third-order valence-corrected chi connectivity index (χ3v) is 2.60. The van der Waals surface area contributed by atoms with Gasteiger partial charge in [-0.2, -0.15) is 0 Å². The predicted molar refractivity (Wildman–Crippen MR) is 63.1 cm³/mol. The summed E-state index contributed by atoms with van der Waals surface area (Å²) in [7, 11) is 0. The van der Waals surface area contributed by atoms with Gasteiger partial charge in [0.15, 0.2) is 0 Å². The maximum atomic E-state index is 11.5. The quantitative estimate of drug-likeness (QED) is 0.785. The first kappa shape index (κ1) is 12.1. The zero-order valence-electron chi connectivity index (χ0n) is 9.09. The summed E-state index contributed by atoms with van der Waals surface area (Å²) in [5.41, 5.74) is 2.01. The van der Waals surface area contributed by atoms with Crippen LogP contribution in [0.5, 0.6) is 0 Å². The van der Waals surface area contributed by atoms with E-state index in [0.717, 1.165) is 17.5 Å². The third-order valence-electron chi connectivity index (χ3n) is 2.15. The van der Waals surface area contributed by atoms with E-state index in [-0.39, 0.29) is 5.91 Å². The Morgan fingerprint density at radius 2 is 2.00 bits per heavy atom. The lowest BCUT2D eigenvalue weighted by molar-refractivity contribution is -0.120. The Morgan fingerprint density at radius 3 is 2.53 bits per heavy atom. The van der Waals surface area contributed by atoms with Crippen LogP contribution in [0.3, 0.4) is 0 Å². The highest BCUT2D eigenvalue weighted by atomic mass is 35.5. The molecule has 0 spiro atoms. The van der Waals surface area contributed by atoms with Gasteiger partial charge in [0, 0.05) is 6.54 Å². The zero-order valence-corrected chi connectivity index (χ0v) is 9.84. The molecule has 1 aromatic rings. The second-order valence-corrected chi connectivity index (χ2v) is 4.00. The fraction of sp³-hybridized carbons (Fsp3) is 0.417. The fourth-order valence-corrected chi connectivity index (χ4v) is 1.45. The van der Waals surface area contributed by atoms with Crippen molar-refractivity contribution in [3.63, 3.8) is 0 Å². The molecule has 2 nitrogen and oxygen atoms in total. The average molecular weight is 226 g/mol. The van der Waals surface area contributed by atoms with Gasteiger partial charge in [0.05, 0.1) is 0 Å². The van der Waals surface area contributed by atoms with Crippen LogP contribution < -0.4 is 5.32 Å². The lowest BCUT2D eigenvalue weighted by atomic mass is 10.1. The van der Waals surface area contributed by atoms with E-state index in [9.17, 15) is 4.79 Å². The normalized spacial score (nSPS) is 12.2. The number of aryl methyl sites for hydroxylation is 1. The Balaban J connectivity index is 2.63. The third kappa shape index (κ3) is 3.56. The number of hydrogen-bond donors (Lipinski definition) is 1. The Kier molecular flexibility index (Phi) is 4.63. The summed E-state index contributed by atoms with van der Waals surface area (Å²) >= 11 is 6.03. The van der Waals surface area contributed by atoms with Gasteiger partial charge >= 0.3 is 0 Å². The number of benzene rings is 1. The van der Waals surface area contributed by atoms with Crippen molar-refractivity contribution >= 4 is 17.5 Å². The highest BCUT2D eigenvalue weighted by molar-refractivity contribution is 6.30. The first-order valence-corrected chi connectivity index (χ1v) is 5.57. The second kappa shape index (κ2) is 5.76. The topological polar surface area (TPSA) is 29.1 Å². The second-order valence-electron chi connectivity index (χ2n) is 3.56. The Morgan fingerprint density at radius 1 is 1.40 bits per heavy atom. The smallest absolute Gasteiger partial charge is 0.242 e. The molecule has 1 atom stereocenters. The largest absolute Gasteiger partial charge is 0.355 e. The number of carbonyl (C=O) groups is 1. The van der Waals surface area contributed by atoms with E-state index < -0.39 is 5.38 Å². The predicted octanol–water partition coefficient (Wildman–Crippen LogP) is 2.80. The number of amides is 1. The Labute approximate surface area is 95.6 Å². The van der Waals surface area contributed by atoms with Crippen LogP contribution in [0, 0.1) is 6.92 Å². The molecule has 1 N–H and O–H groups in total. The van der Waals surface area contributed by atoms with Crippen molar-refractivity contribution < 1.29 is 4.79 Å². The van der Waals surface area contributed by atoms with Gasteiger partial charge in [-0.25, -0.2) is 0 Å². The van der Waals surface area contributed by atoms with Crippen molar-refractivity contribution in [1.29, 1.82) is 0 Å². The van der Waals surface area contributed by atoms with E-state index in [4.69, 9.17) is 11.6 Å².